The van der Waals surface area contributed by atoms with Gasteiger partial charge in [-0.05, 0) is 24.3 Å². The van der Waals surface area contributed by atoms with E-state index in [1.807, 2.05) is 0 Å². The summed E-state index contributed by atoms with van der Waals surface area (Å²) in [6.07, 6.45) is 1.47. The highest BCUT2D eigenvalue weighted by molar-refractivity contribution is 6.33. The van der Waals surface area contributed by atoms with E-state index < -0.39 is 11.5 Å². The Kier molecular flexibility index (Phi) is 3.25. The summed E-state index contributed by atoms with van der Waals surface area (Å²) in [5.41, 5.74) is 0.0897. The van der Waals surface area contributed by atoms with Crippen molar-refractivity contribution in [2.75, 3.05) is 5.32 Å². The lowest BCUT2D eigenvalue weighted by Gasteiger charge is -2.05. The Labute approximate surface area is 102 Å². The van der Waals surface area contributed by atoms with Crippen LogP contribution in [0.1, 0.15) is 10.4 Å². The van der Waals surface area contributed by atoms with E-state index in [9.17, 15) is 9.59 Å². The highest BCUT2D eigenvalue weighted by Crippen LogP contribution is 2.20. The van der Waals surface area contributed by atoms with E-state index in [0.717, 1.165) is 0 Å². The zero-order valence-corrected chi connectivity index (χ0v) is 9.49. The number of aromatic amines is 1. The maximum Gasteiger partial charge on any atom is 0.261 e. The molecule has 0 saturated heterocycles. The van der Waals surface area contributed by atoms with Gasteiger partial charge in [0.2, 0.25) is 0 Å². The first-order valence-electron chi connectivity index (χ1n) is 4.92. The van der Waals surface area contributed by atoms with Crippen LogP contribution in [0.25, 0.3) is 0 Å². The molecule has 1 amide bonds. The van der Waals surface area contributed by atoms with E-state index in [-0.39, 0.29) is 5.56 Å². The van der Waals surface area contributed by atoms with Gasteiger partial charge >= 0.3 is 0 Å². The fourth-order valence-corrected chi connectivity index (χ4v) is 1.54. The van der Waals surface area contributed by atoms with Crippen molar-refractivity contribution < 1.29 is 4.79 Å². The molecule has 1 aromatic heterocycles. The van der Waals surface area contributed by atoms with Crippen molar-refractivity contribution in [3.05, 3.63) is 63.5 Å². The molecule has 0 radical (unpaired) electrons. The Balaban J connectivity index is 2.27. The Bertz CT molecular complexity index is 607. The van der Waals surface area contributed by atoms with Crippen LogP contribution in [-0.2, 0) is 0 Å². The zero-order valence-electron chi connectivity index (χ0n) is 8.74. The molecule has 17 heavy (non-hydrogen) atoms. The minimum Gasteiger partial charge on any atom is -0.328 e. The molecule has 2 N–H and O–H groups in total. The molecule has 0 fully saturated rings. The van der Waals surface area contributed by atoms with Crippen LogP contribution in [-0.4, -0.2) is 10.9 Å². The van der Waals surface area contributed by atoms with Crippen LogP contribution >= 0.6 is 11.6 Å². The van der Waals surface area contributed by atoms with E-state index in [0.29, 0.717) is 10.7 Å². The lowest BCUT2D eigenvalue weighted by atomic mass is 10.2. The molecule has 5 heteroatoms. The van der Waals surface area contributed by atoms with Gasteiger partial charge in [0.15, 0.2) is 0 Å². The quantitative estimate of drug-likeness (QED) is 0.857. The van der Waals surface area contributed by atoms with Crippen LogP contribution in [0.15, 0.2) is 47.4 Å². The number of para-hydroxylation sites is 1. The SMILES string of the molecule is O=C(Nc1ccccc1Cl)c1ccc[nH]c1=O. The Hall–Kier alpha value is -2.07. The highest BCUT2D eigenvalue weighted by atomic mass is 35.5. The number of amides is 1. The van der Waals surface area contributed by atoms with E-state index >= 15 is 0 Å². The summed E-state index contributed by atoms with van der Waals surface area (Å²) in [6, 6.07) is 9.86. The number of benzene rings is 1. The number of halogens is 1. The van der Waals surface area contributed by atoms with E-state index in [1.54, 1.807) is 30.3 Å². The number of carbonyl (C=O) groups is 1. The fourth-order valence-electron chi connectivity index (χ4n) is 1.35. The molecule has 4 nitrogen and oxygen atoms in total. The number of hydrogen-bond acceptors (Lipinski definition) is 2. The minimum absolute atomic E-state index is 0.0485. The number of pyridine rings is 1. The number of rotatable bonds is 2. The molecule has 0 bridgehead atoms. The van der Waals surface area contributed by atoms with Crippen LogP contribution in [0.5, 0.6) is 0 Å². The van der Waals surface area contributed by atoms with Crippen molar-refractivity contribution in [2.24, 2.45) is 0 Å². The van der Waals surface area contributed by atoms with Gasteiger partial charge in [0.1, 0.15) is 5.56 Å². The highest BCUT2D eigenvalue weighted by Gasteiger charge is 2.10. The van der Waals surface area contributed by atoms with Crippen LogP contribution in [0.2, 0.25) is 5.02 Å². The second-order valence-corrected chi connectivity index (χ2v) is 3.75. The summed E-state index contributed by atoms with van der Waals surface area (Å²) in [7, 11) is 0. The van der Waals surface area contributed by atoms with Gasteiger partial charge in [-0.1, -0.05) is 23.7 Å². The summed E-state index contributed by atoms with van der Waals surface area (Å²) in [4.78, 5) is 25.6. The molecular formula is C12H9ClN2O2. The molecule has 0 aliphatic rings. The third-order valence-electron chi connectivity index (χ3n) is 2.18. The molecule has 1 heterocycles. The second kappa shape index (κ2) is 4.84. The fraction of sp³-hybridized carbons (Fsp3) is 0. The van der Waals surface area contributed by atoms with Crippen LogP contribution < -0.4 is 10.9 Å². The van der Waals surface area contributed by atoms with E-state index in [1.165, 1.54) is 12.3 Å². The smallest absolute Gasteiger partial charge is 0.261 e. The molecular weight excluding hydrogens is 240 g/mol. The average molecular weight is 249 g/mol. The van der Waals surface area contributed by atoms with E-state index in [2.05, 4.69) is 10.3 Å². The van der Waals surface area contributed by atoms with Crippen LogP contribution in [0.3, 0.4) is 0 Å². The van der Waals surface area contributed by atoms with Crippen molar-refractivity contribution in [1.82, 2.24) is 4.98 Å². The summed E-state index contributed by atoms with van der Waals surface area (Å²) >= 11 is 5.89. The van der Waals surface area contributed by atoms with Gasteiger partial charge in [-0.2, -0.15) is 0 Å². The first-order valence-corrected chi connectivity index (χ1v) is 5.30. The van der Waals surface area contributed by atoms with Crippen LogP contribution in [0.4, 0.5) is 5.69 Å². The predicted octanol–water partition coefficient (Wildman–Crippen LogP) is 2.28. The monoisotopic (exact) mass is 248 g/mol. The topological polar surface area (TPSA) is 62.0 Å². The number of H-pyrrole nitrogens is 1. The number of carbonyl (C=O) groups excluding carboxylic acids is 1. The largest absolute Gasteiger partial charge is 0.328 e. The average Bonchev–Trinajstić information content (AvgIpc) is 2.32. The molecule has 0 saturated carbocycles. The van der Waals surface area contributed by atoms with Crippen molar-refractivity contribution in [3.8, 4) is 0 Å². The normalized spacial score (nSPS) is 9.94. The first-order chi connectivity index (χ1) is 8.18. The van der Waals surface area contributed by atoms with Crippen molar-refractivity contribution in [3.63, 3.8) is 0 Å². The molecule has 2 aromatic rings. The van der Waals surface area contributed by atoms with Gasteiger partial charge in [0, 0.05) is 6.20 Å². The van der Waals surface area contributed by atoms with E-state index in [4.69, 9.17) is 11.6 Å². The van der Waals surface area contributed by atoms with Crippen molar-refractivity contribution in [1.29, 1.82) is 0 Å². The summed E-state index contributed by atoms with van der Waals surface area (Å²) in [6.45, 7) is 0. The van der Waals surface area contributed by atoms with Gasteiger partial charge in [-0.15, -0.1) is 0 Å². The third kappa shape index (κ3) is 2.54. The van der Waals surface area contributed by atoms with Crippen LogP contribution in [0, 0.1) is 0 Å². The molecule has 0 atom stereocenters. The Morgan fingerprint density at radius 1 is 1.18 bits per heavy atom. The summed E-state index contributed by atoms with van der Waals surface area (Å²) < 4.78 is 0. The molecule has 1 aromatic carbocycles. The standard InChI is InChI=1S/C12H9ClN2O2/c13-9-5-1-2-6-10(9)15-12(17)8-4-3-7-14-11(8)16/h1-7H,(H,14,16)(H,15,17). The molecule has 0 aliphatic heterocycles. The maximum atomic E-state index is 11.8. The molecule has 0 spiro atoms. The second-order valence-electron chi connectivity index (χ2n) is 3.35. The lowest BCUT2D eigenvalue weighted by molar-refractivity contribution is 0.102. The number of nitrogens with one attached hydrogen (secondary N) is 2. The van der Waals surface area contributed by atoms with Gasteiger partial charge in [0.05, 0.1) is 10.7 Å². The van der Waals surface area contributed by atoms with Crippen molar-refractivity contribution in [2.45, 2.75) is 0 Å². The molecule has 86 valence electrons. The lowest BCUT2D eigenvalue weighted by Crippen LogP contribution is -2.22. The maximum absolute atomic E-state index is 11.8. The Morgan fingerprint density at radius 2 is 1.94 bits per heavy atom. The molecule has 2 rings (SSSR count). The van der Waals surface area contributed by atoms with Gasteiger partial charge in [-0.3, -0.25) is 9.59 Å². The molecule has 0 unspecified atom stereocenters. The number of aromatic nitrogens is 1. The number of hydrogen-bond donors (Lipinski definition) is 2. The van der Waals surface area contributed by atoms with Gasteiger partial charge < -0.3 is 10.3 Å². The summed E-state index contributed by atoms with van der Waals surface area (Å²) in [5, 5.41) is 3.00. The minimum atomic E-state index is -0.486. The molecule has 0 aliphatic carbocycles. The van der Waals surface area contributed by atoms with Gasteiger partial charge in [-0.25, -0.2) is 0 Å². The van der Waals surface area contributed by atoms with Crippen molar-refractivity contribution >= 4 is 23.2 Å². The van der Waals surface area contributed by atoms with Gasteiger partial charge in [0.25, 0.3) is 11.5 Å². The first kappa shape index (κ1) is 11.4. The summed E-state index contributed by atoms with van der Waals surface area (Å²) in [5.74, 6) is -0.486. The number of anilines is 1. The Morgan fingerprint density at radius 3 is 2.65 bits per heavy atom. The predicted molar refractivity (Wildman–Crippen MR) is 66.5 cm³/mol. The zero-order chi connectivity index (χ0) is 12.3. The third-order valence-corrected chi connectivity index (χ3v) is 2.51.